The Morgan fingerprint density at radius 1 is 1.33 bits per heavy atom. The van der Waals surface area contributed by atoms with Crippen LogP contribution in [0, 0.1) is 5.82 Å². The molecule has 1 atom stereocenters. The van der Waals surface area contributed by atoms with Gasteiger partial charge in [0, 0.05) is 11.6 Å². The lowest BCUT2D eigenvalue weighted by Gasteiger charge is -2.16. The van der Waals surface area contributed by atoms with Crippen LogP contribution < -0.4 is 10.5 Å². The summed E-state index contributed by atoms with van der Waals surface area (Å²) < 4.78 is 71.9. The number of alkyl halides is 3. The summed E-state index contributed by atoms with van der Waals surface area (Å²) in [5, 5.41) is 6.80. The van der Waals surface area contributed by atoms with E-state index >= 15 is 0 Å². The van der Waals surface area contributed by atoms with Gasteiger partial charge < -0.3 is 5.32 Å². The SMILES string of the molecule is CC(CC(F)(F)F)NC(=O)c1cc(F)cc(S(N)(=O)=O)c1. The number of nitrogens with two attached hydrogens (primary N) is 1. The highest BCUT2D eigenvalue weighted by Crippen LogP contribution is 2.21. The van der Waals surface area contributed by atoms with E-state index in [0.29, 0.717) is 12.1 Å². The molecule has 1 unspecified atom stereocenters. The van der Waals surface area contributed by atoms with Crippen LogP contribution in [0.5, 0.6) is 0 Å². The van der Waals surface area contributed by atoms with Crippen LogP contribution in [-0.4, -0.2) is 26.5 Å². The second-order valence-corrected chi connectivity index (χ2v) is 5.98. The fourth-order valence-electron chi connectivity index (χ4n) is 1.56. The van der Waals surface area contributed by atoms with Crippen molar-refractivity contribution < 1.29 is 30.8 Å². The first-order valence-corrected chi connectivity index (χ1v) is 7.14. The first-order valence-electron chi connectivity index (χ1n) is 5.59. The van der Waals surface area contributed by atoms with Crippen molar-refractivity contribution in [3.8, 4) is 0 Å². The van der Waals surface area contributed by atoms with Gasteiger partial charge in [0.25, 0.3) is 5.91 Å². The normalized spacial score (nSPS) is 13.8. The number of sulfonamides is 1. The maximum Gasteiger partial charge on any atom is 0.391 e. The Morgan fingerprint density at radius 2 is 1.90 bits per heavy atom. The first kappa shape index (κ1) is 17.4. The van der Waals surface area contributed by atoms with Crippen LogP contribution in [0.3, 0.4) is 0 Å². The summed E-state index contributed by atoms with van der Waals surface area (Å²) in [5.74, 6) is -2.08. The summed E-state index contributed by atoms with van der Waals surface area (Å²) in [6, 6.07) is 0.836. The van der Waals surface area contributed by atoms with Gasteiger partial charge in [-0.05, 0) is 25.1 Å². The first-order chi connectivity index (χ1) is 9.38. The van der Waals surface area contributed by atoms with Crippen molar-refractivity contribution in [2.75, 3.05) is 0 Å². The fourth-order valence-corrected chi connectivity index (χ4v) is 2.13. The van der Waals surface area contributed by atoms with Crippen molar-refractivity contribution in [1.29, 1.82) is 0 Å². The number of halogens is 4. The average Bonchev–Trinajstić information content (AvgIpc) is 2.23. The fraction of sp³-hybridized carbons (Fsp3) is 0.364. The van der Waals surface area contributed by atoms with Crippen molar-refractivity contribution in [3.05, 3.63) is 29.6 Å². The van der Waals surface area contributed by atoms with Crippen LogP contribution in [0.1, 0.15) is 23.7 Å². The highest BCUT2D eigenvalue weighted by atomic mass is 32.2. The summed E-state index contributed by atoms with van der Waals surface area (Å²) in [6.07, 6.45) is -5.74. The van der Waals surface area contributed by atoms with Crippen LogP contribution in [0.4, 0.5) is 17.6 Å². The lowest BCUT2D eigenvalue weighted by Crippen LogP contribution is -2.36. The van der Waals surface area contributed by atoms with Crippen LogP contribution >= 0.6 is 0 Å². The number of benzene rings is 1. The van der Waals surface area contributed by atoms with Crippen LogP contribution in [0.2, 0.25) is 0 Å². The Kier molecular flexibility index (Phi) is 4.95. The molecule has 5 nitrogen and oxygen atoms in total. The molecule has 1 amide bonds. The average molecular weight is 328 g/mol. The summed E-state index contributed by atoms with van der Waals surface area (Å²) in [5.41, 5.74) is -0.437. The number of hydrogen-bond acceptors (Lipinski definition) is 3. The van der Waals surface area contributed by atoms with E-state index in [2.05, 4.69) is 0 Å². The van der Waals surface area contributed by atoms with Gasteiger partial charge in [-0.3, -0.25) is 4.79 Å². The van der Waals surface area contributed by atoms with E-state index in [1.807, 2.05) is 5.32 Å². The third-order valence-electron chi connectivity index (χ3n) is 2.38. The number of carbonyl (C=O) groups is 1. The third kappa shape index (κ3) is 5.68. The largest absolute Gasteiger partial charge is 0.391 e. The summed E-state index contributed by atoms with van der Waals surface area (Å²) in [6.45, 7) is 1.12. The monoisotopic (exact) mass is 328 g/mol. The molecule has 1 rings (SSSR count). The molecule has 0 aliphatic rings. The van der Waals surface area contributed by atoms with E-state index in [4.69, 9.17) is 5.14 Å². The topological polar surface area (TPSA) is 89.3 Å². The van der Waals surface area contributed by atoms with E-state index in [9.17, 15) is 30.8 Å². The standard InChI is InChI=1S/C11H12F4N2O3S/c1-6(5-11(13,14)15)17-10(18)7-2-8(12)4-9(3-7)21(16,19)20/h2-4,6H,5H2,1H3,(H,17,18)(H2,16,19,20). The molecule has 1 aromatic rings. The smallest absolute Gasteiger partial charge is 0.349 e. The van der Waals surface area contributed by atoms with Crippen molar-refractivity contribution in [2.24, 2.45) is 5.14 Å². The van der Waals surface area contributed by atoms with Crippen LogP contribution in [0.25, 0.3) is 0 Å². The molecule has 0 aromatic heterocycles. The summed E-state index contributed by atoms with van der Waals surface area (Å²) in [7, 11) is -4.24. The number of amides is 1. The van der Waals surface area contributed by atoms with Gasteiger partial charge in [0.05, 0.1) is 11.3 Å². The van der Waals surface area contributed by atoms with Crippen molar-refractivity contribution in [2.45, 2.75) is 30.5 Å². The lowest BCUT2D eigenvalue weighted by atomic mass is 10.1. The maximum absolute atomic E-state index is 13.2. The quantitative estimate of drug-likeness (QED) is 0.822. The zero-order valence-corrected chi connectivity index (χ0v) is 11.6. The predicted octanol–water partition coefficient (Wildman–Crippen LogP) is 1.54. The molecule has 0 bridgehead atoms. The zero-order chi connectivity index (χ0) is 16.4. The van der Waals surface area contributed by atoms with Crippen molar-refractivity contribution in [1.82, 2.24) is 5.32 Å². The minimum Gasteiger partial charge on any atom is -0.349 e. The molecule has 21 heavy (non-hydrogen) atoms. The molecular formula is C11H12F4N2O3S. The molecule has 0 spiro atoms. The predicted molar refractivity (Wildman–Crippen MR) is 65.4 cm³/mol. The molecule has 0 saturated heterocycles. The molecule has 0 aliphatic heterocycles. The van der Waals surface area contributed by atoms with Gasteiger partial charge in [0.2, 0.25) is 10.0 Å². The minimum absolute atomic E-state index is 0.437. The summed E-state index contributed by atoms with van der Waals surface area (Å²) >= 11 is 0. The highest BCUT2D eigenvalue weighted by Gasteiger charge is 2.30. The van der Waals surface area contributed by atoms with E-state index in [-0.39, 0.29) is 0 Å². The Bertz CT molecular complexity index is 643. The lowest BCUT2D eigenvalue weighted by molar-refractivity contribution is -0.138. The molecule has 0 saturated carbocycles. The Balaban J connectivity index is 2.96. The van der Waals surface area contributed by atoms with Crippen LogP contribution in [0.15, 0.2) is 23.1 Å². The number of primary sulfonamides is 1. The van der Waals surface area contributed by atoms with Gasteiger partial charge in [-0.15, -0.1) is 0 Å². The summed E-state index contributed by atoms with van der Waals surface area (Å²) in [4.78, 5) is 11.0. The molecule has 10 heteroatoms. The molecule has 0 aliphatic carbocycles. The van der Waals surface area contributed by atoms with Crippen LogP contribution in [-0.2, 0) is 10.0 Å². The molecular weight excluding hydrogens is 316 g/mol. The number of nitrogens with one attached hydrogen (secondary N) is 1. The number of hydrogen-bond donors (Lipinski definition) is 2. The second kappa shape index (κ2) is 5.98. The molecule has 1 aromatic carbocycles. The van der Waals surface area contributed by atoms with Gasteiger partial charge in [0.1, 0.15) is 5.82 Å². The number of rotatable bonds is 4. The van der Waals surface area contributed by atoms with E-state index in [1.165, 1.54) is 0 Å². The van der Waals surface area contributed by atoms with Gasteiger partial charge in [-0.25, -0.2) is 17.9 Å². The minimum atomic E-state index is -4.47. The Hall–Kier alpha value is -1.68. The molecule has 0 radical (unpaired) electrons. The molecule has 118 valence electrons. The van der Waals surface area contributed by atoms with Gasteiger partial charge in [0.15, 0.2) is 0 Å². The Morgan fingerprint density at radius 3 is 2.38 bits per heavy atom. The van der Waals surface area contributed by atoms with Gasteiger partial charge in [-0.2, -0.15) is 13.2 Å². The second-order valence-electron chi connectivity index (χ2n) is 4.41. The molecule has 3 N–H and O–H groups in total. The highest BCUT2D eigenvalue weighted by molar-refractivity contribution is 7.89. The van der Waals surface area contributed by atoms with Crippen molar-refractivity contribution >= 4 is 15.9 Å². The van der Waals surface area contributed by atoms with E-state index < -0.39 is 50.8 Å². The van der Waals surface area contributed by atoms with E-state index in [0.717, 1.165) is 13.0 Å². The zero-order valence-electron chi connectivity index (χ0n) is 10.7. The van der Waals surface area contributed by atoms with Gasteiger partial charge >= 0.3 is 6.18 Å². The Labute approximate surface area is 118 Å². The third-order valence-corrected chi connectivity index (χ3v) is 3.27. The number of carbonyl (C=O) groups excluding carboxylic acids is 1. The van der Waals surface area contributed by atoms with Crippen molar-refractivity contribution in [3.63, 3.8) is 0 Å². The molecule has 0 fully saturated rings. The van der Waals surface area contributed by atoms with E-state index in [1.54, 1.807) is 0 Å². The van der Waals surface area contributed by atoms with Gasteiger partial charge in [-0.1, -0.05) is 0 Å². The molecule has 0 heterocycles. The maximum atomic E-state index is 13.2.